The minimum Gasteiger partial charge on any atom is -0.368 e. The van der Waals surface area contributed by atoms with E-state index in [-0.39, 0.29) is 12.1 Å². The van der Waals surface area contributed by atoms with Gasteiger partial charge in [-0.25, -0.2) is 5.32 Å². The van der Waals surface area contributed by atoms with Crippen molar-refractivity contribution in [2.45, 2.75) is 32.3 Å². The number of rotatable bonds is 3. The summed E-state index contributed by atoms with van der Waals surface area (Å²) in [6, 6.07) is 0.188. The van der Waals surface area contributed by atoms with Crippen molar-refractivity contribution in [2.75, 3.05) is 19.6 Å². The summed E-state index contributed by atoms with van der Waals surface area (Å²) in [6.07, 6.45) is -0.699. The number of aliphatic hydroxyl groups excluding tert-OH is 1. The maximum Gasteiger partial charge on any atom is 0.152 e. The van der Waals surface area contributed by atoms with Gasteiger partial charge in [-0.05, 0) is 13.8 Å². The molecule has 1 saturated heterocycles. The van der Waals surface area contributed by atoms with Gasteiger partial charge in [-0.3, -0.25) is 0 Å². The molecule has 1 aliphatic heterocycles. The van der Waals surface area contributed by atoms with Crippen LogP contribution in [0.4, 0.5) is 0 Å². The molecule has 4 heteroatoms. The lowest BCUT2D eigenvalue weighted by Gasteiger charge is -2.28. The molecule has 0 aromatic carbocycles. The van der Waals surface area contributed by atoms with Crippen LogP contribution >= 0.6 is 0 Å². The highest BCUT2D eigenvalue weighted by molar-refractivity contribution is 4.80. The molecular formula is C8H17N2O2. The fraction of sp³-hybridized carbons (Fsp3) is 1.00. The maximum atomic E-state index is 8.97. The Morgan fingerprint density at radius 3 is 2.83 bits per heavy atom. The predicted octanol–water partition coefficient (Wildman–Crippen LogP) is -0.694. The van der Waals surface area contributed by atoms with Crippen LogP contribution in [0, 0.1) is 0 Å². The number of nitrogens with one attached hydrogen (secondary N) is 1. The van der Waals surface area contributed by atoms with Crippen molar-refractivity contribution in [3.8, 4) is 0 Å². The molecule has 0 amide bonds. The van der Waals surface area contributed by atoms with Crippen LogP contribution in [0.25, 0.3) is 0 Å². The molecule has 3 unspecified atom stereocenters. The SMILES string of the molecule is CC(O)OC(C)C1CNCC[N]1. The molecule has 2 N–H and O–H groups in total. The average Bonchev–Trinajstić information content (AvgIpc) is 2.05. The zero-order valence-electron chi connectivity index (χ0n) is 7.66. The van der Waals surface area contributed by atoms with E-state index in [2.05, 4.69) is 10.6 Å². The third-order valence-corrected chi connectivity index (χ3v) is 1.96. The molecule has 0 spiro atoms. The number of hydrogen-bond acceptors (Lipinski definition) is 3. The van der Waals surface area contributed by atoms with Gasteiger partial charge in [-0.2, -0.15) is 0 Å². The largest absolute Gasteiger partial charge is 0.368 e. The standard InChI is InChI=1S/C8H17N2O2/c1-6(12-7(2)11)8-5-9-3-4-10-8/h6-9,11H,3-5H2,1-2H3. The summed E-state index contributed by atoms with van der Waals surface area (Å²) >= 11 is 0. The van der Waals surface area contributed by atoms with Crippen LogP contribution in [-0.2, 0) is 4.74 Å². The van der Waals surface area contributed by atoms with Crippen molar-refractivity contribution >= 4 is 0 Å². The van der Waals surface area contributed by atoms with Crippen molar-refractivity contribution in [2.24, 2.45) is 0 Å². The fourth-order valence-corrected chi connectivity index (χ4v) is 1.34. The molecule has 0 aliphatic carbocycles. The highest BCUT2D eigenvalue weighted by Crippen LogP contribution is 2.03. The first kappa shape index (κ1) is 9.92. The van der Waals surface area contributed by atoms with Crippen molar-refractivity contribution in [3.05, 3.63) is 0 Å². The highest BCUT2D eigenvalue weighted by Gasteiger charge is 2.21. The van der Waals surface area contributed by atoms with Gasteiger partial charge in [0.2, 0.25) is 0 Å². The van der Waals surface area contributed by atoms with Crippen LogP contribution in [0.15, 0.2) is 0 Å². The summed E-state index contributed by atoms with van der Waals surface area (Å²) in [5.74, 6) is 0. The van der Waals surface area contributed by atoms with Crippen LogP contribution in [0.3, 0.4) is 0 Å². The summed E-state index contributed by atoms with van der Waals surface area (Å²) in [4.78, 5) is 0. The van der Waals surface area contributed by atoms with E-state index in [0.29, 0.717) is 0 Å². The number of piperazine rings is 1. The summed E-state index contributed by atoms with van der Waals surface area (Å²) in [5.41, 5.74) is 0. The molecule has 1 radical (unpaired) electrons. The summed E-state index contributed by atoms with van der Waals surface area (Å²) in [7, 11) is 0. The quantitative estimate of drug-likeness (QED) is 0.555. The lowest BCUT2D eigenvalue weighted by molar-refractivity contribution is -0.128. The third-order valence-electron chi connectivity index (χ3n) is 1.96. The normalized spacial score (nSPS) is 29.8. The Morgan fingerprint density at radius 1 is 1.58 bits per heavy atom. The molecule has 0 saturated carbocycles. The Hall–Kier alpha value is -0.160. The van der Waals surface area contributed by atoms with E-state index < -0.39 is 6.29 Å². The van der Waals surface area contributed by atoms with E-state index >= 15 is 0 Å². The van der Waals surface area contributed by atoms with Crippen molar-refractivity contribution in [1.82, 2.24) is 10.6 Å². The Balaban J connectivity index is 2.24. The molecule has 3 atom stereocenters. The van der Waals surface area contributed by atoms with E-state index in [1.54, 1.807) is 6.92 Å². The van der Waals surface area contributed by atoms with Gasteiger partial charge >= 0.3 is 0 Å². The Labute approximate surface area is 73.3 Å². The van der Waals surface area contributed by atoms with Crippen molar-refractivity contribution in [3.63, 3.8) is 0 Å². The van der Waals surface area contributed by atoms with Gasteiger partial charge in [-0.1, -0.05) is 0 Å². The van der Waals surface area contributed by atoms with E-state index in [1.807, 2.05) is 6.92 Å². The first-order chi connectivity index (χ1) is 5.70. The molecule has 0 aromatic rings. The minimum atomic E-state index is -0.697. The number of hydrogen-bond donors (Lipinski definition) is 2. The molecule has 1 fully saturated rings. The van der Waals surface area contributed by atoms with E-state index in [4.69, 9.17) is 9.84 Å². The number of aliphatic hydroxyl groups is 1. The molecule has 4 nitrogen and oxygen atoms in total. The zero-order chi connectivity index (χ0) is 8.97. The van der Waals surface area contributed by atoms with Gasteiger partial charge in [0.1, 0.15) is 0 Å². The molecule has 1 heterocycles. The first-order valence-electron chi connectivity index (χ1n) is 4.41. The number of nitrogens with zero attached hydrogens (tertiary/aromatic N) is 1. The number of ether oxygens (including phenoxy) is 1. The molecule has 1 aliphatic rings. The Kier molecular flexibility index (Phi) is 3.94. The Morgan fingerprint density at radius 2 is 2.33 bits per heavy atom. The van der Waals surface area contributed by atoms with Crippen LogP contribution in [-0.4, -0.2) is 43.2 Å². The van der Waals surface area contributed by atoms with Crippen LogP contribution < -0.4 is 10.6 Å². The zero-order valence-corrected chi connectivity index (χ0v) is 7.66. The van der Waals surface area contributed by atoms with E-state index in [9.17, 15) is 0 Å². The topological polar surface area (TPSA) is 55.6 Å². The summed E-state index contributed by atoms with van der Waals surface area (Å²) in [5, 5.41) is 16.6. The Bertz CT molecular complexity index is 124. The smallest absolute Gasteiger partial charge is 0.152 e. The summed E-state index contributed by atoms with van der Waals surface area (Å²) in [6.45, 7) is 6.21. The third kappa shape index (κ3) is 3.06. The van der Waals surface area contributed by atoms with Crippen molar-refractivity contribution < 1.29 is 9.84 Å². The molecule has 0 bridgehead atoms. The van der Waals surface area contributed by atoms with Crippen LogP contribution in [0.5, 0.6) is 0 Å². The van der Waals surface area contributed by atoms with Crippen molar-refractivity contribution in [1.29, 1.82) is 0 Å². The van der Waals surface area contributed by atoms with Gasteiger partial charge in [0.15, 0.2) is 6.29 Å². The van der Waals surface area contributed by atoms with Gasteiger partial charge in [0.25, 0.3) is 0 Å². The molecule has 71 valence electrons. The van der Waals surface area contributed by atoms with E-state index in [0.717, 1.165) is 19.6 Å². The summed E-state index contributed by atoms with van der Waals surface area (Å²) < 4.78 is 5.21. The van der Waals surface area contributed by atoms with Gasteiger partial charge in [0, 0.05) is 19.6 Å². The van der Waals surface area contributed by atoms with Gasteiger partial charge in [0.05, 0.1) is 12.1 Å². The maximum absolute atomic E-state index is 8.97. The van der Waals surface area contributed by atoms with Crippen LogP contribution in [0.1, 0.15) is 13.8 Å². The monoisotopic (exact) mass is 173 g/mol. The van der Waals surface area contributed by atoms with Gasteiger partial charge < -0.3 is 15.2 Å². The average molecular weight is 173 g/mol. The lowest BCUT2D eigenvalue weighted by Crippen LogP contribution is -2.50. The molecule has 12 heavy (non-hydrogen) atoms. The van der Waals surface area contributed by atoms with Gasteiger partial charge in [-0.15, -0.1) is 0 Å². The fourth-order valence-electron chi connectivity index (χ4n) is 1.34. The predicted molar refractivity (Wildman–Crippen MR) is 45.9 cm³/mol. The van der Waals surface area contributed by atoms with E-state index in [1.165, 1.54) is 0 Å². The molecular weight excluding hydrogens is 156 g/mol. The minimum absolute atomic E-state index is 0.00204. The highest BCUT2D eigenvalue weighted by atomic mass is 16.6. The first-order valence-corrected chi connectivity index (χ1v) is 4.41. The second kappa shape index (κ2) is 4.77. The second-order valence-electron chi connectivity index (χ2n) is 3.12. The molecule has 1 rings (SSSR count). The lowest BCUT2D eigenvalue weighted by atomic mass is 10.1. The molecule has 0 aromatic heterocycles. The van der Waals surface area contributed by atoms with Crippen LogP contribution in [0.2, 0.25) is 0 Å². The second-order valence-corrected chi connectivity index (χ2v) is 3.12.